The number of nitrogens with one attached hydrogen (secondary N) is 1. The molecule has 2 fully saturated rings. The largest absolute Gasteiger partial charge is 0.471 e. The molecule has 1 aromatic rings. The van der Waals surface area contributed by atoms with Crippen molar-refractivity contribution < 1.29 is 35.9 Å². The van der Waals surface area contributed by atoms with Crippen molar-refractivity contribution in [1.82, 2.24) is 9.80 Å². The van der Waals surface area contributed by atoms with Crippen LogP contribution in [0.5, 0.6) is 0 Å². The monoisotopic (exact) mass is 423 g/mol. The van der Waals surface area contributed by atoms with Crippen LogP contribution in [0.25, 0.3) is 0 Å². The lowest BCUT2D eigenvalue weighted by Crippen LogP contribution is -2.49. The predicted octanol–water partition coefficient (Wildman–Crippen LogP) is 4.11. The Bertz CT molecular complexity index is 767. The van der Waals surface area contributed by atoms with E-state index in [9.17, 15) is 35.9 Å². The first-order chi connectivity index (χ1) is 13.4. The van der Waals surface area contributed by atoms with E-state index in [0.717, 1.165) is 29.2 Å². The molecule has 11 heteroatoms. The highest BCUT2D eigenvalue weighted by molar-refractivity contribution is 5.89. The minimum Gasteiger partial charge on any atom is -0.335 e. The summed E-state index contributed by atoms with van der Waals surface area (Å²) >= 11 is 0. The van der Waals surface area contributed by atoms with Gasteiger partial charge in [0.25, 0.3) is 0 Å². The zero-order valence-electron chi connectivity index (χ0n) is 15.2. The average Bonchev–Trinajstić information content (AvgIpc) is 3.05. The lowest BCUT2D eigenvalue weighted by Gasteiger charge is -2.39. The molecule has 0 radical (unpaired) electrons. The lowest BCUT2D eigenvalue weighted by molar-refractivity contribution is -0.187. The zero-order chi connectivity index (χ0) is 21.4. The molecule has 29 heavy (non-hydrogen) atoms. The summed E-state index contributed by atoms with van der Waals surface area (Å²) in [5, 5.41) is 2.54. The molecule has 0 aromatic heterocycles. The molecular weight excluding hydrogens is 404 g/mol. The molecule has 2 aliphatic rings. The van der Waals surface area contributed by atoms with Crippen molar-refractivity contribution in [3.63, 3.8) is 0 Å². The quantitative estimate of drug-likeness (QED) is 0.692. The fourth-order valence-electron chi connectivity index (χ4n) is 3.83. The number of carbonyl (C=O) groups is 2. The van der Waals surface area contributed by atoms with Crippen molar-refractivity contribution in [1.29, 1.82) is 0 Å². The maximum absolute atomic E-state index is 12.6. The Kier molecular flexibility index (Phi) is 5.44. The maximum Gasteiger partial charge on any atom is 0.471 e. The van der Waals surface area contributed by atoms with Gasteiger partial charge in [0.05, 0.1) is 5.56 Å². The number of likely N-dealkylation sites (tertiary alicyclic amines) is 2. The maximum atomic E-state index is 12.6. The number of urea groups is 1. The third-order valence-electron chi connectivity index (χ3n) is 5.54. The minimum atomic E-state index is -4.90. The first-order valence-corrected chi connectivity index (χ1v) is 8.99. The topological polar surface area (TPSA) is 52.7 Å². The second kappa shape index (κ2) is 7.42. The molecule has 3 amide bonds. The fourth-order valence-corrected chi connectivity index (χ4v) is 3.83. The van der Waals surface area contributed by atoms with Gasteiger partial charge < -0.3 is 15.1 Å². The Morgan fingerprint density at radius 3 is 1.86 bits per heavy atom. The molecular formula is C18H19F6N3O2. The molecule has 1 N–H and O–H groups in total. The van der Waals surface area contributed by atoms with Gasteiger partial charge in [0, 0.05) is 31.9 Å². The minimum absolute atomic E-state index is 0.0211. The van der Waals surface area contributed by atoms with E-state index in [-0.39, 0.29) is 24.2 Å². The van der Waals surface area contributed by atoms with Gasteiger partial charge in [-0.1, -0.05) is 0 Å². The number of carbonyl (C=O) groups excluding carboxylic acids is 2. The highest BCUT2D eigenvalue weighted by Crippen LogP contribution is 2.41. The van der Waals surface area contributed by atoms with E-state index in [1.165, 1.54) is 4.90 Å². The van der Waals surface area contributed by atoms with Crippen LogP contribution in [0.4, 0.5) is 36.8 Å². The number of piperidine rings is 1. The summed E-state index contributed by atoms with van der Waals surface area (Å²) in [5.41, 5.74) is -0.954. The molecule has 5 nitrogen and oxygen atoms in total. The van der Waals surface area contributed by atoms with E-state index < -0.39 is 29.9 Å². The molecule has 0 atom stereocenters. The molecule has 0 saturated carbocycles. The van der Waals surface area contributed by atoms with Gasteiger partial charge in [-0.2, -0.15) is 26.3 Å². The van der Waals surface area contributed by atoms with Crippen LogP contribution in [-0.4, -0.2) is 54.1 Å². The van der Waals surface area contributed by atoms with E-state index in [1.807, 2.05) is 0 Å². The lowest BCUT2D eigenvalue weighted by atomic mass is 9.78. The van der Waals surface area contributed by atoms with Gasteiger partial charge in [0.1, 0.15) is 0 Å². The molecule has 0 bridgehead atoms. The van der Waals surface area contributed by atoms with E-state index in [0.29, 0.717) is 32.4 Å². The van der Waals surface area contributed by atoms with E-state index in [4.69, 9.17) is 0 Å². The van der Waals surface area contributed by atoms with Crippen molar-refractivity contribution in [3.8, 4) is 0 Å². The van der Waals surface area contributed by atoms with Gasteiger partial charge in [0.2, 0.25) is 0 Å². The standard InChI is InChI=1S/C18H19F6N3O2/c19-17(20,21)12-1-3-13(4-2-12)25-15(29)27-10-7-16(11-27)5-8-26(9-6-16)14(28)18(22,23)24/h1-4H,5-11H2,(H,25,29). The van der Waals surface area contributed by atoms with Crippen LogP contribution in [0.1, 0.15) is 24.8 Å². The van der Waals surface area contributed by atoms with Gasteiger partial charge in [-0.15, -0.1) is 0 Å². The van der Waals surface area contributed by atoms with Gasteiger partial charge in [-0.05, 0) is 48.9 Å². The van der Waals surface area contributed by atoms with Crippen LogP contribution in [-0.2, 0) is 11.0 Å². The molecule has 2 aliphatic heterocycles. The van der Waals surface area contributed by atoms with Crippen molar-refractivity contribution in [2.75, 3.05) is 31.5 Å². The third kappa shape index (κ3) is 4.76. The van der Waals surface area contributed by atoms with Crippen molar-refractivity contribution in [2.24, 2.45) is 5.41 Å². The molecule has 1 spiro atoms. The van der Waals surface area contributed by atoms with Crippen LogP contribution in [0.15, 0.2) is 24.3 Å². The number of anilines is 1. The van der Waals surface area contributed by atoms with Crippen LogP contribution >= 0.6 is 0 Å². The Labute approximate surface area is 162 Å². The van der Waals surface area contributed by atoms with Crippen molar-refractivity contribution in [3.05, 3.63) is 29.8 Å². The highest BCUT2D eigenvalue weighted by Gasteiger charge is 2.47. The number of halogens is 6. The normalized spacial score (nSPS) is 19.5. The van der Waals surface area contributed by atoms with Gasteiger partial charge in [-0.25, -0.2) is 4.79 Å². The highest BCUT2D eigenvalue weighted by atomic mass is 19.4. The number of rotatable bonds is 1. The number of amides is 3. The zero-order valence-corrected chi connectivity index (χ0v) is 15.2. The Morgan fingerprint density at radius 2 is 1.38 bits per heavy atom. The van der Waals surface area contributed by atoms with E-state index in [2.05, 4.69) is 5.32 Å². The van der Waals surface area contributed by atoms with E-state index >= 15 is 0 Å². The Balaban J connectivity index is 1.54. The number of nitrogens with zero attached hydrogens (tertiary/aromatic N) is 2. The van der Waals surface area contributed by atoms with Crippen LogP contribution in [0, 0.1) is 5.41 Å². The second-order valence-corrected chi connectivity index (χ2v) is 7.47. The summed E-state index contributed by atoms with van der Waals surface area (Å²) in [5.74, 6) is -1.85. The van der Waals surface area contributed by atoms with Crippen LogP contribution < -0.4 is 5.32 Å². The van der Waals surface area contributed by atoms with Crippen LogP contribution in [0.2, 0.25) is 0 Å². The predicted molar refractivity (Wildman–Crippen MR) is 91.0 cm³/mol. The summed E-state index contributed by atoms with van der Waals surface area (Å²) < 4.78 is 75.4. The summed E-state index contributed by atoms with van der Waals surface area (Å²) in [4.78, 5) is 26.0. The number of alkyl halides is 6. The summed E-state index contributed by atoms with van der Waals surface area (Å²) in [6, 6.07) is 3.58. The number of benzene rings is 1. The SMILES string of the molecule is O=C(Nc1ccc(C(F)(F)F)cc1)N1CCC2(CCN(C(=O)C(F)(F)F)CC2)C1. The number of hydrogen-bond donors (Lipinski definition) is 1. The molecule has 0 aliphatic carbocycles. The molecule has 1 aromatic carbocycles. The van der Waals surface area contributed by atoms with Crippen molar-refractivity contribution in [2.45, 2.75) is 31.6 Å². The van der Waals surface area contributed by atoms with E-state index in [1.54, 1.807) is 0 Å². The molecule has 160 valence electrons. The van der Waals surface area contributed by atoms with Gasteiger partial charge >= 0.3 is 24.3 Å². The molecule has 0 unspecified atom stereocenters. The Hall–Kier alpha value is -2.46. The first-order valence-electron chi connectivity index (χ1n) is 8.99. The second-order valence-electron chi connectivity index (χ2n) is 7.47. The smallest absolute Gasteiger partial charge is 0.335 e. The number of hydrogen-bond acceptors (Lipinski definition) is 2. The fraction of sp³-hybridized carbons (Fsp3) is 0.556. The first kappa shape index (κ1) is 21.3. The van der Waals surface area contributed by atoms with Gasteiger partial charge in [-0.3, -0.25) is 4.79 Å². The summed E-state index contributed by atoms with van der Waals surface area (Å²) in [7, 11) is 0. The average molecular weight is 423 g/mol. The summed E-state index contributed by atoms with van der Waals surface area (Å²) in [6.07, 6.45) is -8.04. The third-order valence-corrected chi connectivity index (χ3v) is 5.54. The van der Waals surface area contributed by atoms with Crippen molar-refractivity contribution >= 4 is 17.6 Å². The van der Waals surface area contributed by atoms with Crippen LogP contribution in [0.3, 0.4) is 0 Å². The molecule has 2 heterocycles. The molecule has 2 saturated heterocycles. The molecule has 3 rings (SSSR count). The Morgan fingerprint density at radius 1 is 0.862 bits per heavy atom. The van der Waals surface area contributed by atoms with Gasteiger partial charge in [0.15, 0.2) is 0 Å². The summed E-state index contributed by atoms with van der Waals surface area (Å²) in [6.45, 7) is 0.673.